The number of carbonyl (C=O) groups is 2. The smallest absolute Gasteiger partial charge is 0.338 e. The van der Waals surface area contributed by atoms with Crippen LogP contribution in [0.15, 0.2) is 35.7 Å². The van der Waals surface area contributed by atoms with Crippen LogP contribution in [0.2, 0.25) is 0 Å². The highest BCUT2D eigenvalue weighted by molar-refractivity contribution is 7.10. The minimum atomic E-state index is -4.59. The summed E-state index contributed by atoms with van der Waals surface area (Å²) in [6.07, 6.45) is -4.59. The van der Waals surface area contributed by atoms with E-state index >= 15 is 0 Å². The van der Waals surface area contributed by atoms with Crippen LogP contribution in [0.3, 0.4) is 0 Å². The minimum Gasteiger partial charge on any atom is -0.338 e. The average molecular weight is 460 g/mol. The van der Waals surface area contributed by atoms with Crippen LogP contribution in [0, 0.1) is 6.92 Å². The molecule has 2 amide bonds. The molecule has 5 nitrogen and oxygen atoms in total. The first-order valence-electron chi connectivity index (χ1n) is 9.33. The first kappa shape index (κ1) is 22.6. The SMILES string of the molecule is Cc1c(N(C(=O)CCl)C(C(=O)N2CCNCC2)c2cccs2)cccc1C(F)(F)F. The zero-order valence-electron chi connectivity index (χ0n) is 16.2. The van der Waals surface area contributed by atoms with Gasteiger partial charge in [0.2, 0.25) is 5.91 Å². The van der Waals surface area contributed by atoms with E-state index in [4.69, 9.17) is 11.6 Å². The molecule has 1 fully saturated rings. The van der Waals surface area contributed by atoms with Crippen molar-refractivity contribution in [3.63, 3.8) is 0 Å². The predicted molar refractivity (Wildman–Crippen MR) is 111 cm³/mol. The quantitative estimate of drug-likeness (QED) is 0.692. The third kappa shape index (κ3) is 4.63. The molecule has 1 atom stereocenters. The van der Waals surface area contributed by atoms with E-state index in [0.717, 1.165) is 11.0 Å². The van der Waals surface area contributed by atoms with Gasteiger partial charge in [0, 0.05) is 36.7 Å². The van der Waals surface area contributed by atoms with Crippen LogP contribution in [-0.4, -0.2) is 48.8 Å². The van der Waals surface area contributed by atoms with Crippen molar-refractivity contribution in [1.82, 2.24) is 10.2 Å². The molecule has 1 aromatic heterocycles. The van der Waals surface area contributed by atoms with Crippen LogP contribution in [0.1, 0.15) is 22.0 Å². The van der Waals surface area contributed by atoms with Crippen molar-refractivity contribution in [2.75, 3.05) is 37.0 Å². The normalized spacial score (nSPS) is 15.7. The van der Waals surface area contributed by atoms with Crippen molar-refractivity contribution in [3.8, 4) is 0 Å². The summed E-state index contributed by atoms with van der Waals surface area (Å²) in [4.78, 5) is 29.7. The number of nitrogens with zero attached hydrogens (tertiary/aromatic N) is 2. The molecule has 2 aromatic rings. The maximum Gasteiger partial charge on any atom is 0.416 e. The van der Waals surface area contributed by atoms with E-state index in [-0.39, 0.29) is 17.2 Å². The molecule has 0 radical (unpaired) electrons. The third-order valence-corrected chi connectivity index (χ3v) is 6.14. The molecule has 1 N–H and O–H groups in total. The average Bonchev–Trinajstić information content (AvgIpc) is 3.25. The Kier molecular flexibility index (Phi) is 7.05. The first-order valence-corrected chi connectivity index (χ1v) is 10.7. The lowest BCUT2D eigenvalue weighted by molar-refractivity contribution is -0.138. The van der Waals surface area contributed by atoms with Crippen molar-refractivity contribution in [1.29, 1.82) is 0 Å². The summed E-state index contributed by atoms with van der Waals surface area (Å²) in [6, 6.07) is 5.96. The standard InChI is InChI=1S/C20H21ClF3N3O2S/c1-13-14(20(22,23)24)4-2-5-15(13)27(17(28)12-21)18(16-6-3-11-30-16)19(29)26-9-7-25-8-10-26/h2-6,11,18,25H,7-10,12H2,1H3. The molecule has 0 spiro atoms. The fraction of sp³-hybridized carbons (Fsp3) is 0.400. The van der Waals surface area contributed by atoms with Crippen LogP contribution in [0.25, 0.3) is 0 Å². The Hall–Kier alpha value is -2.10. The Morgan fingerprint density at radius 1 is 1.23 bits per heavy atom. The van der Waals surface area contributed by atoms with Gasteiger partial charge in [-0.05, 0) is 36.1 Å². The molecular formula is C20H21ClF3N3O2S. The lowest BCUT2D eigenvalue weighted by atomic mass is 10.0. The predicted octanol–water partition coefficient (Wildman–Crippen LogP) is 3.82. The van der Waals surface area contributed by atoms with Gasteiger partial charge in [0.15, 0.2) is 0 Å². The van der Waals surface area contributed by atoms with Crippen LogP contribution >= 0.6 is 22.9 Å². The van der Waals surface area contributed by atoms with Crippen molar-refractivity contribution in [3.05, 3.63) is 51.7 Å². The number of thiophene rings is 1. The Bertz CT molecular complexity index is 899. The monoisotopic (exact) mass is 459 g/mol. The highest BCUT2D eigenvalue weighted by Gasteiger charge is 2.39. The zero-order valence-corrected chi connectivity index (χ0v) is 17.8. The second-order valence-electron chi connectivity index (χ2n) is 6.84. The number of piperazine rings is 1. The van der Waals surface area contributed by atoms with E-state index in [0.29, 0.717) is 31.1 Å². The molecule has 1 aliphatic heterocycles. The van der Waals surface area contributed by atoms with Crippen LogP contribution in [0.5, 0.6) is 0 Å². The van der Waals surface area contributed by atoms with Crippen molar-refractivity contribution >= 4 is 40.4 Å². The Labute approximate surface area is 181 Å². The Morgan fingerprint density at radius 3 is 2.50 bits per heavy atom. The molecule has 1 saturated heterocycles. The molecular weight excluding hydrogens is 439 g/mol. The number of hydrogen-bond donors (Lipinski definition) is 1. The van der Waals surface area contributed by atoms with Gasteiger partial charge >= 0.3 is 6.18 Å². The van der Waals surface area contributed by atoms with Crippen molar-refractivity contribution < 1.29 is 22.8 Å². The van der Waals surface area contributed by atoms with E-state index in [1.807, 2.05) is 0 Å². The van der Waals surface area contributed by atoms with Gasteiger partial charge in [-0.3, -0.25) is 14.5 Å². The molecule has 0 bridgehead atoms. The lowest BCUT2D eigenvalue weighted by Gasteiger charge is -2.36. The number of carbonyl (C=O) groups excluding carboxylic acids is 2. The van der Waals surface area contributed by atoms with Crippen LogP contribution < -0.4 is 10.2 Å². The molecule has 162 valence electrons. The van der Waals surface area contributed by atoms with Crippen LogP contribution in [0.4, 0.5) is 18.9 Å². The van der Waals surface area contributed by atoms with Gasteiger partial charge in [-0.25, -0.2) is 0 Å². The molecule has 1 aromatic carbocycles. The highest BCUT2D eigenvalue weighted by Crippen LogP contribution is 2.39. The molecule has 0 aliphatic carbocycles. The summed E-state index contributed by atoms with van der Waals surface area (Å²) in [6.45, 7) is 3.41. The van der Waals surface area contributed by atoms with Gasteiger partial charge in [0.05, 0.1) is 5.56 Å². The number of amides is 2. The second kappa shape index (κ2) is 9.36. The Morgan fingerprint density at radius 2 is 1.93 bits per heavy atom. The highest BCUT2D eigenvalue weighted by atomic mass is 35.5. The number of alkyl halides is 4. The van der Waals surface area contributed by atoms with E-state index in [9.17, 15) is 22.8 Å². The number of hydrogen-bond acceptors (Lipinski definition) is 4. The first-order chi connectivity index (χ1) is 14.3. The van der Waals surface area contributed by atoms with Gasteiger partial charge < -0.3 is 10.2 Å². The van der Waals surface area contributed by atoms with Gasteiger partial charge in [0.25, 0.3) is 5.91 Å². The van der Waals surface area contributed by atoms with Crippen molar-refractivity contribution in [2.45, 2.75) is 19.1 Å². The Balaban J connectivity index is 2.14. The van der Waals surface area contributed by atoms with E-state index in [1.54, 1.807) is 22.4 Å². The topological polar surface area (TPSA) is 52.7 Å². The van der Waals surface area contributed by atoms with Crippen LogP contribution in [-0.2, 0) is 15.8 Å². The largest absolute Gasteiger partial charge is 0.416 e. The van der Waals surface area contributed by atoms with Gasteiger partial charge in [-0.1, -0.05) is 12.1 Å². The number of halogens is 4. The summed E-state index contributed by atoms with van der Waals surface area (Å²) in [5.74, 6) is -1.44. The summed E-state index contributed by atoms with van der Waals surface area (Å²) in [7, 11) is 0. The number of rotatable bonds is 5. The summed E-state index contributed by atoms with van der Waals surface area (Å²) in [5, 5.41) is 4.91. The lowest BCUT2D eigenvalue weighted by Crippen LogP contribution is -2.52. The van der Waals surface area contributed by atoms with Gasteiger partial charge in [-0.2, -0.15) is 13.2 Å². The second-order valence-corrected chi connectivity index (χ2v) is 8.08. The summed E-state index contributed by atoms with van der Waals surface area (Å²) in [5.41, 5.74) is -0.956. The summed E-state index contributed by atoms with van der Waals surface area (Å²) >= 11 is 7.10. The van der Waals surface area contributed by atoms with Gasteiger partial charge in [-0.15, -0.1) is 22.9 Å². The number of nitrogens with one attached hydrogen (secondary N) is 1. The molecule has 0 saturated carbocycles. The number of benzene rings is 1. The number of anilines is 1. The maximum atomic E-state index is 13.5. The van der Waals surface area contributed by atoms with Gasteiger partial charge in [0.1, 0.15) is 11.9 Å². The van der Waals surface area contributed by atoms with Crippen molar-refractivity contribution in [2.24, 2.45) is 0 Å². The van der Waals surface area contributed by atoms with E-state index in [2.05, 4.69) is 5.32 Å². The fourth-order valence-corrected chi connectivity index (χ4v) is 4.47. The zero-order chi connectivity index (χ0) is 21.9. The molecule has 3 rings (SSSR count). The molecule has 30 heavy (non-hydrogen) atoms. The molecule has 2 heterocycles. The maximum absolute atomic E-state index is 13.5. The molecule has 1 aliphatic rings. The third-order valence-electron chi connectivity index (χ3n) is 4.99. The van der Waals surface area contributed by atoms with E-state index in [1.165, 1.54) is 30.4 Å². The minimum absolute atomic E-state index is 0.0253. The van der Waals surface area contributed by atoms with E-state index < -0.39 is 29.6 Å². The molecule has 1 unspecified atom stereocenters. The fourth-order valence-electron chi connectivity index (χ4n) is 3.54. The summed E-state index contributed by atoms with van der Waals surface area (Å²) < 4.78 is 40.5. The molecule has 10 heteroatoms.